The molecule has 0 atom stereocenters. The van der Waals surface area contributed by atoms with Gasteiger partial charge in [0.2, 0.25) is 11.0 Å². The molecule has 1 aliphatic rings. The fraction of sp³-hybridized carbons (Fsp3) is 0.471. The quantitative estimate of drug-likeness (QED) is 0.789. The molecule has 1 saturated heterocycles. The number of aromatic nitrogens is 2. The van der Waals surface area contributed by atoms with Crippen LogP contribution >= 0.6 is 11.5 Å². The molecule has 1 N–H and O–H groups in total. The van der Waals surface area contributed by atoms with E-state index in [2.05, 4.69) is 24.5 Å². The van der Waals surface area contributed by atoms with E-state index in [-0.39, 0.29) is 11.7 Å². The van der Waals surface area contributed by atoms with Crippen molar-refractivity contribution in [3.63, 3.8) is 0 Å². The van der Waals surface area contributed by atoms with E-state index in [0.717, 1.165) is 43.6 Å². The van der Waals surface area contributed by atoms with E-state index < -0.39 is 0 Å². The first-order valence-corrected chi connectivity index (χ1v) is 9.25. The van der Waals surface area contributed by atoms with Crippen LogP contribution in [0.3, 0.4) is 0 Å². The Morgan fingerprint density at radius 3 is 2.69 bits per heavy atom. The van der Waals surface area contributed by atoms with E-state index in [1.807, 2.05) is 0 Å². The molecule has 1 fully saturated rings. The lowest BCUT2D eigenvalue weighted by molar-refractivity contribution is -0.117. The van der Waals surface area contributed by atoms with Crippen molar-refractivity contribution in [2.75, 3.05) is 56.7 Å². The summed E-state index contributed by atoms with van der Waals surface area (Å²) in [5.41, 5.74) is 0.604. The van der Waals surface area contributed by atoms with Gasteiger partial charge in [-0.3, -0.25) is 9.69 Å². The Balaban J connectivity index is 1.43. The summed E-state index contributed by atoms with van der Waals surface area (Å²) in [5.74, 6) is 0.400. The van der Waals surface area contributed by atoms with Crippen molar-refractivity contribution >= 4 is 28.3 Å². The van der Waals surface area contributed by atoms with Crippen LogP contribution in [0.25, 0.3) is 0 Å². The van der Waals surface area contributed by atoms with E-state index in [1.54, 1.807) is 19.2 Å². The minimum atomic E-state index is -0.318. The van der Waals surface area contributed by atoms with E-state index in [4.69, 9.17) is 4.74 Å². The van der Waals surface area contributed by atoms with Gasteiger partial charge in [-0.05, 0) is 24.3 Å². The molecule has 1 aromatic carbocycles. The summed E-state index contributed by atoms with van der Waals surface area (Å²) in [6.07, 6.45) is 0.719. The highest BCUT2D eigenvalue weighted by molar-refractivity contribution is 7.09. The van der Waals surface area contributed by atoms with Crippen LogP contribution in [-0.2, 0) is 16.0 Å². The summed E-state index contributed by atoms with van der Waals surface area (Å²) in [6, 6.07) is 5.78. The molecule has 0 saturated carbocycles. The maximum absolute atomic E-state index is 12.9. The standard InChI is InChI=1S/C17H22FN5O2S/c1-25-11-6-15-20-17(26-21-15)23-9-7-22(8-10-23)12-16(24)19-14-4-2-13(18)3-5-14/h2-5H,6-12H2,1H3,(H,19,24). The Labute approximate surface area is 155 Å². The number of methoxy groups -OCH3 is 1. The van der Waals surface area contributed by atoms with Gasteiger partial charge in [0.25, 0.3) is 0 Å². The number of nitrogens with one attached hydrogen (secondary N) is 1. The zero-order valence-electron chi connectivity index (χ0n) is 14.7. The summed E-state index contributed by atoms with van der Waals surface area (Å²) >= 11 is 1.41. The molecule has 2 heterocycles. The monoisotopic (exact) mass is 379 g/mol. The number of piperazine rings is 1. The second kappa shape index (κ2) is 9.02. The fourth-order valence-electron chi connectivity index (χ4n) is 2.70. The van der Waals surface area contributed by atoms with Crippen molar-refractivity contribution in [1.29, 1.82) is 0 Å². The normalized spacial score (nSPS) is 15.2. The number of anilines is 2. The van der Waals surface area contributed by atoms with Gasteiger partial charge in [0.15, 0.2) is 0 Å². The van der Waals surface area contributed by atoms with Gasteiger partial charge < -0.3 is 15.0 Å². The molecule has 26 heavy (non-hydrogen) atoms. The zero-order valence-corrected chi connectivity index (χ0v) is 15.5. The van der Waals surface area contributed by atoms with Crippen LogP contribution in [0.5, 0.6) is 0 Å². The molecule has 1 aliphatic heterocycles. The highest BCUT2D eigenvalue weighted by Crippen LogP contribution is 2.19. The average Bonchev–Trinajstić information content (AvgIpc) is 3.11. The number of nitrogens with zero attached hydrogens (tertiary/aromatic N) is 4. The number of rotatable bonds is 7. The first kappa shape index (κ1) is 18.7. The molecule has 9 heteroatoms. The van der Waals surface area contributed by atoms with Gasteiger partial charge in [0.1, 0.15) is 11.6 Å². The molecular formula is C17H22FN5O2S. The number of benzene rings is 1. The van der Waals surface area contributed by atoms with Gasteiger partial charge in [-0.15, -0.1) is 0 Å². The van der Waals surface area contributed by atoms with Gasteiger partial charge in [0, 0.05) is 56.9 Å². The molecule has 0 bridgehead atoms. The summed E-state index contributed by atoms with van der Waals surface area (Å²) < 4.78 is 22.3. The molecule has 1 amide bonds. The smallest absolute Gasteiger partial charge is 0.238 e. The summed E-state index contributed by atoms with van der Waals surface area (Å²) in [5, 5.41) is 3.71. The lowest BCUT2D eigenvalue weighted by Crippen LogP contribution is -2.48. The van der Waals surface area contributed by atoms with Gasteiger partial charge in [-0.25, -0.2) is 9.37 Å². The number of hydrogen-bond acceptors (Lipinski definition) is 7. The van der Waals surface area contributed by atoms with Crippen molar-refractivity contribution in [3.05, 3.63) is 35.9 Å². The van der Waals surface area contributed by atoms with Crippen LogP contribution in [-0.4, -0.2) is 66.6 Å². The van der Waals surface area contributed by atoms with Crippen molar-refractivity contribution in [3.8, 4) is 0 Å². The minimum Gasteiger partial charge on any atom is -0.384 e. The third kappa shape index (κ3) is 5.20. The Bertz CT molecular complexity index is 716. The van der Waals surface area contributed by atoms with Crippen molar-refractivity contribution in [1.82, 2.24) is 14.3 Å². The van der Waals surface area contributed by atoms with Crippen LogP contribution in [0.2, 0.25) is 0 Å². The topological polar surface area (TPSA) is 70.6 Å². The summed E-state index contributed by atoms with van der Waals surface area (Å²) in [4.78, 5) is 21.0. The van der Waals surface area contributed by atoms with Gasteiger partial charge in [-0.2, -0.15) is 4.37 Å². The highest BCUT2D eigenvalue weighted by Gasteiger charge is 2.21. The molecule has 1 aromatic heterocycles. The summed E-state index contributed by atoms with van der Waals surface area (Å²) in [7, 11) is 1.67. The lowest BCUT2D eigenvalue weighted by Gasteiger charge is -2.33. The maximum atomic E-state index is 12.9. The molecule has 0 unspecified atom stereocenters. The number of carbonyl (C=O) groups is 1. The average molecular weight is 379 g/mol. The number of hydrogen-bond donors (Lipinski definition) is 1. The molecular weight excluding hydrogens is 357 g/mol. The van der Waals surface area contributed by atoms with Crippen molar-refractivity contribution < 1.29 is 13.9 Å². The molecule has 0 aliphatic carbocycles. The Kier molecular flexibility index (Phi) is 6.48. The number of carbonyl (C=O) groups excluding carboxylic acids is 1. The first-order chi connectivity index (χ1) is 12.6. The molecule has 7 nitrogen and oxygen atoms in total. The first-order valence-electron chi connectivity index (χ1n) is 8.48. The van der Waals surface area contributed by atoms with Crippen molar-refractivity contribution in [2.24, 2.45) is 0 Å². The van der Waals surface area contributed by atoms with Crippen LogP contribution in [0.4, 0.5) is 15.2 Å². The second-order valence-electron chi connectivity index (χ2n) is 6.05. The maximum Gasteiger partial charge on any atom is 0.238 e. The lowest BCUT2D eigenvalue weighted by atomic mass is 10.3. The van der Waals surface area contributed by atoms with E-state index in [1.165, 1.54) is 23.7 Å². The Hall–Kier alpha value is -2.10. The van der Waals surface area contributed by atoms with Gasteiger partial charge >= 0.3 is 0 Å². The summed E-state index contributed by atoms with van der Waals surface area (Å²) in [6.45, 7) is 4.12. The van der Waals surface area contributed by atoms with Gasteiger partial charge in [0.05, 0.1) is 13.2 Å². The largest absolute Gasteiger partial charge is 0.384 e. The number of halogens is 1. The Morgan fingerprint density at radius 2 is 2.00 bits per heavy atom. The predicted molar refractivity (Wildman–Crippen MR) is 99.2 cm³/mol. The number of ether oxygens (including phenoxy) is 1. The van der Waals surface area contributed by atoms with Crippen LogP contribution < -0.4 is 10.2 Å². The second-order valence-corrected chi connectivity index (χ2v) is 6.78. The molecule has 0 spiro atoms. The highest BCUT2D eigenvalue weighted by atomic mass is 32.1. The van der Waals surface area contributed by atoms with Crippen LogP contribution in [0.1, 0.15) is 5.82 Å². The molecule has 2 aromatic rings. The minimum absolute atomic E-state index is 0.0946. The third-order valence-electron chi connectivity index (χ3n) is 4.13. The molecule has 140 valence electrons. The Morgan fingerprint density at radius 1 is 1.27 bits per heavy atom. The third-order valence-corrected chi connectivity index (χ3v) is 4.94. The van der Waals surface area contributed by atoms with Crippen molar-refractivity contribution in [2.45, 2.75) is 6.42 Å². The van der Waals surface area contributed by atoms with Gasteiger partial charge in [-0.1, -0.05) is 0 Å². The number of amides is 1. The molecule has 3 rings (SSSR count). The fourth-order valence-corrected chi connectivity index (χ4v) is 3.47. The molecule has 0 radical (unpaired) electrons. The van der Waals surface area contributed by atoms with E-state index in [9.17, 15) is 9.18 Å². The van der Waals surface area contributed by atoms with Crippen LogP contribution in [0.15, 0.2) is 24.3 Å². The predicted octanol–water partition coefficient (Wildman–Crippen LogP) is 1.63. The SMILES string of the molecule is COCCc1nsc(N2CCN(CC(=O)Nc3ccc(F)cc3)CC2)n1. The van der Waals surface area contributed by atoms with Crippen LogP contribution in [0, 0.1) is 5.82 Å². The zero-order chi connectivity index (χ0) is 18.4. The van der Waals surface area contributed by atoms with E-state index >= 15 is 0 Å². The van der Waals surface area contributed by atoms with E-state index in [0.29, 0.717) is 18.8 Å².